The third kappa shape index (κ3) is 3.52. The number of carbonyl (C=O) groups is 1. The molecule has 2 N–H and O–H groups in total. The molecule has 1 rings (SSSR count). The van der Waals surface area contributed by atoms with Crippen LogP contribution in [0.4, 0.5) is 4.79 Å². The van der Waals surface area contributed by atoms with Crippen LogP contribution in [0.3, 0.4) is 0 Å². The standard InChI is InChI=1S/C5H8N2O2S2/c6-5(8)9-7-4-3-10-1-2-11-4/h1-3H2,(H2,6,8)/b7-4+. The fraction of sp³-hybridized carbons (Fsp3) is 0.600. The van der Waals surface area contributed by atoms with Crippen LogP contribution in [-0.2, 0) is 4.84 Å². The van der Waals surface area contributed by atoms with Crippen LogP contribution >= 0.6 is 23.5 Å². The maximum atomic E-state index is 10.1. The number of rotatable bonds is 1. The van der Waals surface area contributed by atoms with Crippen molar-refractivity contribution in [2.75, 3.05) is 17.3 Å². The molecule has 6 heteroatoms. The van der Waals surface area contributed by atoms with E-state index in [9.17, 15) is 4.79 Å². The highest BCUT2D eigenvalue weighted by Gasteiger charge is 2.08. The summed E-state index contributed by atoms with van der Waals surface area (Å²) < 4.78 is 0. The highest BCUT2D eigenvalue weighted by Crippen LogP contribution is 2.18. The normalized spacial score (nSPS) is 21.6. The molecule has 1 saturated heterocycles. The SMILES string of the molecule is NC(=O)O/N=C1\CSCCS1. The Balaban J connectivity index is 2.32. The smallest absolute Gasteiger partial charge is 0.333 e. The Labute approximate surface area is 72.9 Å². The molecule has 0 aromatic carbocycles. The van der Waals surface area contributed by atoms with E-state index in [1.807, 2.05) is 0 Å². The van der Waals surface area contributed by atoms with Gasteiger partial charge in [-0.2, -0.15) is 11.8 Å². The summed E-state index contributed by atoms with van der Waals surface area (Å²) in [6.45, 7) is 0. The highest BCUT2D eigenvalue weighted by molar-refractivity contribution is 8.18. The van der Waals surface area contributed by atoms with Gasteiger partial charge in [0.05, 0.1) is 0 Å². The lowest BCUT2D eigenvalue weighted by Crippen LogP contribution is -2.13. The second kappa shape index (κ2) is 4.50. The molecule has 1 aliphatic rings. The Hall–Kier alpha value is -0.360. The average Bonchev–Trinajstić information content (AvgIpc) is 2.03. The lowest BCUT2D eigenvalue weighted by molar-refractivity contribution is 0.162. The van der Waals surface area contributed by atoms with Crippen LogP contribution in [0.5, 0.6) is 0 Å². The largest absolute Gasteiger partial charge is 0.430 e. The molecule has 1 fully saturated rings. The molecule has 0 bridgehead atoms. The van der Waals surface area contributed by atoms with Gasteiger partial charge in [0.25, 0.3) is 0 Å². The summed E-state index contributed by atoms with van der Waals surface area (Å²) in [4.78, 5) is 14.4. The van der Waals surface area contributed by atoms with E-state index < -0.39 is 6.09 Å². The van der Waals surface area contributed by atoms with E-state index in [0.29, 0.717) is 0 Å². The number of carbonyl (C=O) groups excluding carboxylic acids is 1. The first kappa shape index (κ1) is 8.73. The van der Waals surface area contributed by atoms with E-state index in [-0.39, 0.29) is 0 Å². The molecule has 1 heterocycles. The molecule has 0 saturated carbocycles. The zero-order valence-electron chi connectivity index (χ0n) is 5.78. The number of hydrogen-bond donors (Lipinski definition) is 1. The summed E-state index contributed by atoms with van der Waals surface area (Å²) in [6, 6.07) is 0. The van der Waals surface area contributed by atoms with Crippen molar-refractivity contribution in [1.29, 1.82) is 0 Å². The minimum atomic E-state index is -0.853. The number of nitrogens with zero attached hydrogens (tertiary/aromatic N) is 1. The van der Waals surface area contributed by atoms with Gasteiger partial charge in [0, 0.05) is 17.3 Å². The number of thioether (sulfide) groups is 2. The number of nitrogens with two attached hydrogens (primary N) is 1. The van der Waals surface area contributed by atoms with Crippen molar-refractivity contribution in [2.24, 2.45) is 10.9 Å². The van der Waals surface area contributed by atoms with Crippen LogP contribution in [0.25, 0.3) is 0 Å². The Kier molecular flexibility index (Phi) is 3.58. The van der Waals surface area contributed by atoms with Gasteiger partial charge >= 0.3 is 6.09 Å². The van der Waals surface area contributed by atoms with Crippen LogP contribution in [-0.4, -0.2) is 28.4 Å². The lowest BCUT2D eigenvalue weighted by atomic mass is 10.9. The Bertz CT molecular complexity index is 175. The molecule has 0 spiro atoms. The van der Waals surface area contributed by atoms with Crippen molar-refractivity contribution < 1.29 is 9.63 Å². The van der Waals surface area contributed by atoms with Gasteiger partial charge in [0.15, 0.2) is 0 Å². The molecule has 0 atom stereocenters. The number of hydrogen-bond acceptors (Lipinski definition) is 5. The monoisotopic (exact) mass is 192 g/mol. The molecule has 62 valence electrons. The zero-order valence-corrected chi connectivity index (χ0v) is 7.41. The number of oxime groups is 1. The van der Waals surface area contributed by atoms with Crippen molar-refractivity contribution >= 4 is 34.7 Å². The summed E-state index contributed by atoms with van der Waals surface area (Å²) in [5, 5.41) is 4.40. The first-order chi connectivity index (χ1) is 5.29. The van der Waals surface area contributed by atoms with E-state index in [0.717, 1.165) is 22.3 Å². The first-order valence-corrected chi connectivity index (χ1v) is 5.17. The molecule has 0 aromatic rings. The molecule has 11 heavy (non-hydrogen) atoms. The van der Waals surface area contributed by atoms with Crippen LogP contribution in [0.2, 0.25) is 0 Å². The predicted molar refractivity (Wildman–Crippen MR) is 47.9 cm³/mol. The molecule has 4 nitrogen and oxygen atoms in total. The Morgan fingerprint density at radius 3 is 3.00 bits per heavy atom. The minimum Gasteiger partial charge on any atom is -0.333 e. The molecule has 1 aliphatic heterocycles. The molecule has 0 aliphatic carbocycles. The molecule has 1 amide bonds. The minimum absolute atomic E-state index is 0.817. The quantitative estimate of drug-likeness (QED) is 0.494. The van der Waals surface area contributed by atoms with E-state index >= 15 is 0 Å². The molecule has 0 radical (unpaired) electrons. The van der Waals surface area contributed by atoms with Crippen LogP contribution < -0.4 is 5.73 Å². The van der Waals surface area contributed by atoms with E-state index in [1.165, 1.54) is 0 Å². The van der Waals surface area contributed by atoms with Crippen molar-refractivity contribution in [3.05, 3.63) is 0 Å². The van der Waals surface area contributed by atoms with Crippen molar-refractivity contribution in [2.45, 2.75) is 0 Å². The van der Waals surface area contributed by atoms with Gasteiger partial charge in [-0.25, -0.2) is 4.79 Å². The number of amides is 1. The van der Waals surface area contributed by atoms with Gasteiger partial charge in [-0.15, -0.1) is 11.8 Å². The number of primary amides is 1. The highest BCUT2D eigenvalue weighted by atomic mass is 32.2. The molecule has 0 unspecified atom stereocenters. The third-order valence-electron chi connectivity index (χ3n) is 0.959. The van der Waals surface area contributed by atoms with Gasteiger partial charge in [-0.1, -0.05) is 5.16 Å². The van der Waals surface area contributed by atoms with Gasteiger partial charge in [0.1, 0.15) is 5.04 Å². The topological polar surface area (TPSA) is 64.7 Å². The Morgan fingerprint density at radius 2 is 2.45 bits per heavy atom. The Morgan fingerprint density at radius 1 is 1.64 bits per heavy atom. The summed E-state index contributed by atoms with van der Waals surface area (Å²) >= 11 is 3.37. The summed E-state index contributed by atoms with van der Waals surface area (Å²) in [5.74, 6) is 2.96. The summed E-state index contributed by atoms with van der Waals surface area (Å²) in [6.07, 6.45) is -0.853. The van der Waals surface area contributed by atoms with Gasteiger partial charge < -0.3 is 5.73 Å². The fourth-order valence-electron chi connectivity index (χ4n) is 0.568. The fourth-order valence-corrected chi connectivity index (χ4v) is 2.65. The van der Waals surface area contributed by atoms with Crippen molar-refractivity contribution in [3.63, 3.8) is 0 Å². The molecule has 0 aromatic heterocycles. The summed E-state index contributed by atoms with van der Waals surface area (Å²) in [7, 11) is 0. The van der Waals surface area contributed by atoms with Gasteiger partial charge in [-0.05, 0) is 0 Å². The van der Waals surface area contributed by atoms with Gasteiger partial charge in [0.2, 0.25) is 0 Å². The molecular weight excluding hydrogens is 184 g/mol. The average molecular weight is 192 g/mol. The zero-order chi connectivity index (χ0) is 8.10. The summed E-state index contributed by atoms with van der Waals surface area (Å²) in [5.41, 5.74) is 4.73. The van der Waals surface area contributed by atoms with Gasteiger partial charge in [-0.3, -0.25) is 4.84 Å². The van der Waals surface area contributed by atoms with Crippen LogP contribution in [0.1, 0.15) is 0 Å². The van der Waals surface area contributed by atoms with Crippen molar-refractivity contribution in [3.8, 4) is 0 Å². The van der Waals surface area contributed by atoms with E-state index in [4.69, 9.17) is 5.73 Å². The first-order valence-electron chi connectivity index (χ1n) is 3.03. The molecular formula is C5H8N2O2S2. The van der Waals surface area contributed by atoms with E-state index in [2.05, 4.69) is 9.99 Å². The third-order valence-corrected chi connectivity index (χ3v) is 3.33. The van der Waals surface area contributed by atoms with Crippen LogP contribution in [0, 0.1) is 0 Å². The second-order valence-corrected chi connectivity index (χ2v) is 4.07. The second-order valence-electron chi connectivity index (χ2n) is 1.80. The lowest BCUT2D eigenvalue weighted by Gasteiger charge is -2.09. The maximum Gasteiger partial charge on any atom is 0.430 e. The maximum absolute atomic E-state index is 10.1. The predicted octanol–water partition coefficient (Wildman–Crippen LogP) is 0.875. The van der Waals surface area contributed by atoms with Crippen LogP contribution in [0.15, 0.2) is 5.16 Å². The van der Waals surface area contributed by atoms with E-state index in [1.54, 1.807) is 23.5 Å². The van der Waals surface area contributed by atoms with Crippen molar-refractivity contribution in [1.82, 2.24) is 0 Å².